The fraction of sp³-hybridized carbons (Fsp3) is 0.583. The molecule has 0 radical (unpaired) electrons. The molecule has 1 unspecified atom stereocenters. The Morgan fingerprint density at radius 1 is 1.21 bits per heavy atom. The van der Waals surface area contributed by atoms with Crippen LogP contribution in [-0.4, -0.2) is 63.7 Å². The Labute approximate surface area is 214 Å². The highest BCUT2D eigenvalue weighted by Gasteiger charge is 2.53. The fourth-order valence-corrected chi connectivity index (χ4v) is 6.71. The number of hydrogen-bond acceptors (Lipinski definition) is 7. The second-order valence-corrected chi connectivity index (χ2v) is 10.6. The van der Waals surface area contributed by atoms with Crippen molar-refractivity contribution in [3.8, 4) is 0 Å². The van der Waals surface area contributed by atoms with Crippen LogP contribution in [0, 0.1) is 11.8 Å². The van der Waals surface area contributed by atoms with Crippen molar-refractivity contribution >= 4 is 29.0 Å². The summed E-state index contributed by atoms with van der Waals surface area (Å²) in [6.07, 6.45) is 9.89. The number of carbonyl (C=O) groups is 2. The molecule has 0 aromatic carbocycles. The second kappa shape index (κ2) is 10.4. The Bertz CT molecular complexity index is 978. The number of fused-ring (bicyclic) bond motifs is 3. The lowest BCUT2D eigenvalue weighted by atomic mass is 9.80. The predicted molar refractivity (Wildman–Crippen MR) is 123 cm³/mol. The zero-order valence-corrected chi connectivity index (χ0v) is 21.5. The van der Waals surface area contributed by atoms with Gasteiger partial charge >= 0.3 is 5.97 Å². The molecule has 6 rings (SSSR count). The summed E-state index contributed by atoms with van der Waals surface area (Å²) in [5.41, 5.74) is -0.936. The number of nitrogens with zero attached hydrogens (tertiary/aromatic N) is 3. The molecule has 2 bridgehead atoms. The summed E-state index contributed by atoms with van der Waals surface area (Å²) in [5, 5.41) is 18.2. The molecule has 2 aromatic rings. The summed E-state index contributed by atoms with van der Waals surface area (Å²) in [4.78, 5) is 34.3. The van der Waals surface area contributed by atoms with E-state index in [1.807, 2.05) is 16.8 Å². The Morgan fingerprint density at radius 2 is 1.97 bits per heavy atom. The molecule has 8 nitrogen and oxygen atoms in total. The maximum atomic E-state index is 13.5. The zero-order valence-electron chi connectivity index (χ0n) is 19.1. The van der Waals surface area contributed by atoms with Crippen LogP contribution in [0.1, 0.15) is 44.1 Å². The minimum Gasteiger partial charge on any atom is -1.00 e. The van der Waals surface area contributed by atoms with E-state index in [1.54, 1.807) is 12.4 Å². The first-order valence-electron chi connectivity index (χ1n) is 11.9. The summed E-state index contributed by atoms with van der Waals surface area (Å²) >= 11 is 1.48. The molecule has 3 aliphatic heterocycles. The molecule has 5 heterocycles. The molecular formula is C24H31BrN4O4S. The number of aliphatic hydroxyl groups is 1. The molecule has 1 saturated carbocycles. The molecule has 0 spiro atoms. The van der Waals surface area contributed by atoms with Gasteiger partial charge in [0.2, 0.25) is 0 Å². The Morgan fingerprint density at radius 3 is 2.62 bits per heavy atom. The van der Waals surface area contributed by atoms with Gasteiger partial charge in [0, 0.05) is 42.6 Å². The van der Waals surface area contributed by atoms with Crippen molar-refractivity contribution in [2.45, 2.75) is 50.2 Å². The van der Waals surface area contributed by atoms with Gasteiger partial charge < -0.3 is 36.6 Å². The maximum absolute atomic E-state index is 13.5. The van der Waals surface area contributed by atoms with E-state index in [0.717, 1.165) is 51.6 Å². The number of thiophene rings is 1. The standard InChI is InChI=1S/C24H30N4O4S.BrH/c29-22(27-21-13-25-8-9-26-21)15-28-10-5-17(6-11-28)20(14-28)32-23(30)24(31,18-3-1-2-4-18)19-7-12-33-16-19;/h7-9,12-13,16-18,20,31H,1-6,10-11,14-15H2;1H/t17?,20?,24-,28?;/m1./s1. The van der Waals surface area contributed by atoms with E-state index in [2.05, 4.69) is 15.3 Å². The van der Waals surface area contributed by atoms with E-state index < -0.39 is 11.6 Å². The third kappa shape index (κ3) is 4.91. The van der Waals surface area contributed by atoms with Gasteiger partial charge in [-0.3, -0.25) is 9.78 Å². The number of piperidine rings is 3. The second-order valence-electron chi connectivity index (χ2n) is 9.81. The minimum absolute atomic E-state index is 0. The van der Waals surface area contributed by atoms with Gasteiger partial charge in [0.05, 0.1) is 19.3 Å². The van der Waals surface area contributed by atoms with Crippen LogP contribution < -0.4 is 22.3 Å². The highest BCUT2D eigenvalue weighted by Crippen LogP contribution is 2.43. The maximum Gasteiger partial charge on any atom is 0.343 e. The van der Waals surface area contributed by atoms with Crippen LogP contribution in [0.3, 0.4) is 0 Å². The van der Waals surface area contributed by atoms with Gasteiger partial charge in [0.25, 0.3) is 5.91 Å². The van der Waals surface area contributed by atoms with E-state index in [0.29, 0.717) is 29.0 Å². The van der Waals surface area contributed by atoms with Gasteiger partial charge in [-0.1, -0.05) is 12.8 Å². The number of amides is 1. The number of nitrogens with one attached hydrogen (secondary N) is 1. The summed E-state index contributed by atoms with van der Waals surface area (Å²) in [7, 11) is 0. The number of ether oxygens (including phenoxy) is 1. The van der Waals surface area contributed by atoms with Gasteiger partial charge in [-0.05, 0) is 29.7 Å². The van der Waals surface area contributed by atoms with Gasteiger partial charge in [0.15, 0.2) is 24.1 Å². The number of esters is 1. The normalized spacial score (nSPS) is 28.0. The van der Waals surface area contributed by atoms with E-state index in [1.165, 1.54) is 17.5 Å². The van der Waals surface area contributed by atoms with Crippen LogP contribution in [0.5, 0.6) is 0 Å². The lowest BCUT2D eigenvalue weighted by Gasteiger charge is -2.51. The van der Waals surface area contributed by atoms with Crippen LogP contribution in [0.4, 0.5) is 5.82 Å². The highest BCUT2D eigenvalue weighted by molar-refractivity contribution is 7.08. The van der Waals surface area contributed by atoms with Crippen molar-refractivity contribution in [1.82, 2.24) is 9.97 Å². The Hall–Kier alpha value is -1.88. The monoisotopic (exact) mass is 550 g/mol. The summed E-state index contributed by atoms with van der Waals surface area (Å²) in [5.74, 6) is -0.0165. The van der Waals surface area contributed by atoms with Gasteiger partial charge in [-0.2, -0.15) is 11.3 Å². The molecule has 184 valence electrons. The number of hydrogen-bond donors (Lipinski definition) is 2. The van der Waals surface area contributed by atoms with Crippen LogP contribution in [0.2, 0.25) is 0 Å². The van der Waals surface area contributed by atoms with Crippen LogP contribution in [0.25, 0.3) is 0 Å². The van der Waals surface area contributed by atoms with Crippen molar-refractivity contribution in [3.05, 3.63) is 41.0 Å². The van der Waals surface area contributed by atoms with E-state index in [9.17, 15) is 14.7 Å². The first-order valence-corrected chi connectivity index (χ1v) is 12.8. The summed E-state index contributed by atoms with van der Waals surface area (Å²) in [6.45, 7) is 2.71. The number of carbonyl (C=O) groups excluding carboxylic acids is 2. The molecule has 2 N–H and O–H groups in total. The lowest BCUT2D eigenvalue weighted by molar-refractivity contribution is -0.939. The predicted octanol–water partition coefficient (Wildman–Crippen LogP) is -0.289. The molecule has 2 aromatic heterocycles. The quantitative estimate of drug-likeness (QED) is 0.363. The molecule has 10 heteroatoms. The topological polar surface area (TPSA) is 101 Å². The van der Waals surface area contributed by atoms with Crippen molar-refractivity contribution in [2.24, 2.45) is 11.8 Å². The zero-order chi connectivity index (χ0) is 22.9. The third-order valence-corrected chi connectivity index (χ3v) is 8.51. The Balaban J connectivity index is 0.00000274. The molecule has 2 atom stereocenters. The van der Waals surface area contributed by atoms with E-state index in [-0.39, 0.29) is 40.8 Å². The average Bonchev–Trinajstić information content (AvgIpc) is 3.54. The molecular weight excluding hydrogens is 520 g/mol. The number of anilines is 1. The van der Waals surface area contributed by atoms with E-state index >= 15 is 0 Å². The molecule has 4 aliphatic rings. The third-order valence-electron chi connectivity index (χ3n) is 7.83. The van der Waals surface area contributed by atoms with E-state index in [4.69, 9.17) is 4.74 Å². The largest absolute Gasteiger partial charge is 1.00 e. The van der Waals surface area contributed by atoms with Gasteiger partial charge in [0.1, 0.15) is 6.54 Å². The summed E-state index contributed by atoms with van der Waals surface area (Å²) < 4.78 is 6.70. The van der Waals surface area contributed by atoms with Crippen molar-refractivity contribution in [2.75, 3.05) is 31.5 Å². The molecule has 4 fully saturated rings. The van der Waals surface area contributed by atoms with Crippen LogP contribution in [0.15, 0.2) is 35.4 Å². The summed E-state index contributed by atoms with van der Waals surface area (Å²) in [6, 6.07) is 1.84. The number of aromatic nitrogens is 2. The van der Waals surface area contributed by atoms with Gasteiger partial charge in [-0.15, -0.1) is 0 Å². The molecule has 1 aliphatic carbocycles. The highest BCUT2D eigenvalue weighted by atomic mass is 79.9. The van der Waals surface area contributed by atoms with Crippen LogP contribution in [-0.2, 0) is 19.9 Å². The molecule has 3 saturated heterocycles. The number of quaternary nitrogens is 1. The lowest BCUT2D eigenvalue weighted by Crippen LogP contribution is -3.00. The van der Waals surface area contributed by atoms with Crippen molar-refractivity contribution < 1.29 is 40.9 Å². The number of halogens is 1. The molecule has 34 heavy (non-hydrogen) atoms. The minimum atomic E-state index is -1.59. The first kappa shape index (κ1) is 25.2. The van der Waals surface area contributed by atoms with Crippen molar-refractivity contribution in [1.29, 1.82) is 0 Å². The van der Waals surface area contributed by atoms with Crippen LogP contribution >= 0.6 is 11.3 Å². The number of rotatable bonds is 7. The average molecular weight is 552 g/mol. The SMILES string of the molecule is O=C(C[N+]12CCC(CC1)C(OC(=O)[C@](O)(c1ccsc1)C1CCCC1)C2)Nc1cnccn1.[Br-]. The van der Waals surface area contributed by atoms with Gasteiger partial charge in [-0.25, -0.2) is 9.78 Å². The first-order chi connectivity index (χ1) is 16.0. The molecule has 1 amide bonds. The Kier molecular flexibility index (Phi) is 7.71. The fourth-order valence-electron chi connectivity index (χ4n) is 6.00. The smallest absolute Gasteiger partial charge is 0.343 e. The van der Waals surface area contributed by atoms with Crippen molar-refractivity contribution in [3.63, 3.8) is 0 Å².